The summed E-state index contributed by atoms with van der Waals surface area (Å²) in [6.45, 7) is 2.05. The summed E-state index contributed by atoms with van der Waals surface area (Å²) in [7, 11) is 1.52. The zero-order chi connectivity index (χ0) is 21.0. The summed E-state index contributed by atoms with van der Waals surface area (Å²) in [5.41, 5.74) is 0.464. The summed E-state index contributed by atoms with van der Waals surface area (Å²) < 4.78 is 19.8. The van der Waals surface area contributed by atoms with Crippen LogP contribution < -0.4 is 10.9 Å². The maximum Gasteiger partial charge on any atom is 0.284 e. The van der Waals surface area contributed by atoms with Crippen LogP contribution in [0.3, 0.4) is 0 Å². The minimum absolute atomic E-state index is 0.114. The lowest BCUT2D eigenvalue weighted by atomic mass is 10.1. The predicted octanol–water partition coefficient (Wildman–Crippen LogP) is 3.46. The van der Waals surface area contributed by atoms with Gasteiger partial charge in [0.1, 0.15) is 11.4 Å². The van der Waals surface area contributed by atoms with Crippen molar-refractivity contribution < 1.29 is 13.9 Å². The van der Waals surface area contributed by atoms with Crippen molar-refractivity contribution in [3.63, 3.8) is 0 Å². The standard InChI is InChI=1S/C21H19ClFN3O3/c1-13(12-29-2)24-20(27)18-11-19(14-6-8-15(22)9-7-14)25-26(21(18)28)17-5-3-4-16(23)10-17/h3-11,13H,12H2,1-2H3,(H,24,27). The molecule has 2 aromatic carbocycles. The molecule has 3 aromatic rings. The number of aromatic nitrogens is 2. The van der Waals surface area contributed by atoms with E-state index in [0.29, 0.717) is 22.9 Å². The molecule has 0 radical (unpaired) electrons. The van der Waals surface area contributed by atoms with Crippen LogP contribution in [0.4, 0.5) is 4.39 Å². The van der Waals surface area contributed by atoms with E-state index < -0.39 is 17.3 Å². The van der Waals surface area contributed by atoms with Gasteiger partial charge in [-0.3, -0.25) is 9.59 Å². The van der Waals surface area contributed by atoms with Gasteiger partial charge in [-0.15, -0.1) is 0 Å². The second-order valence-electron chi connectivity index (χ2n) is 6.48. The first-order valence-electron chi connectivity index (χ1n) is 8.85. The highest BCUT2D eigenvalue weighted by molar-refractivity contribution is 6.30. The number of halogens is 2. The van der Waals surface area contributed by atoms with E-state index >= 15 is 0 Å². The molecule has 0 aliphatic heterocycles. The summed E-state index contributed by atoms with van der Waals surface area (Å²) in [6, 6.07) is 13.4. The summed E-state index contributed by atoms with van der Waals surface area (Å²) in [6.07, 6.45) is 0. The van der Waals surface area contributed by atoms with Gasteiger partial charge in [-0.25, -0.2) is 4.39 Å². The number of hydrogen-bond acceptors (Lipinski definition) is 4. The Bertz CT molecular complexity index is 1080. The molecular formula is C21H19ClFN3O3. The van der Waals surface area contributed by atoms with Crippen LogP contribution in [-0.4, -0.2) is 35.4 Å². The van der Waals surface area contributed by atoms with E-state index in [1.165, 1.54) is 31.4 Å². The van der Waals surface area contributed by atoms with Gasteiger partial charge in [-0.2, -0.15) is 9.78 Å². The van der Waals surface area contributed by atoms with Gasteiger partial charge >= 0.3 is 0 Å². The number of hydrogen-bond donors (Lipinski definition) is 1. The largest absolute Gasteiger partial charge is 0.383 e. The van der Waals surface area contributed by atoms with Crippen molar-refractivity contribution in [1.29, 1.82) is 0 Å². The highest BCUT2D eigenvalue weighted by Gasteiger charge is 2.19. The summed E-state index contributed by atoms with van der Waals surface area (Å²) in [5, 5.41) is 7.59. The molecule has 0 saturated heterocycles. The maximum atomic E-state index is 13.7. The van der Waals surface area contributed by atoms with Gasteiger partial charge < -0.3 is 10.1 Å². The quantitative estimate of drug-likeness (QED) is 0.669. The number of ether oxygens (including phenoxy) is 1. The van der Waals surface area contributed by atoms with Crippen LogP contribution in [0.1, 0.15) is 17.3 Å². The van der Waals surface area contributed by atoms with Crippen molar-refractivity contribution in [2.24, 2.45) is 0 Å². The van der Waals surface area contributed by atoms with E-state index in [9.17, 15) is 14.0 Å². The Balaban J connectivity index is 2.15. The first-order valence-corrected chi connectivity index (χ1v) is 9.23. The zero-order valence-electron chi connectivity index (χ0n) is 15.9. The zero-order valence-corrected chi connectivity index (χ0v) is 16.6. The van der Waals surface area contributed by atoms with E-state index in [1.807, 2.05) is 0 Å². The molecule has 1 unspecified atom stereocenters. The smallest absolute Gasteiger partial charge is 0.284 e. The minimum Gasteiger partial charge on any atom is -0.383 e. The molecule has 150 valence electrons. The van der Waals surface area contributed by atoms with E-state index in [4.69, 9.17) is 16.3 Å². The third-order valence-electron chi connectivity index (χ3n) is 4.14. The molecule has 3 rings (SSSR count). The predicted molar refractivity (Wildman–Crippen MR) is 109 cm³/mol. The van der Waals surface area contributed by atoms with Crippen molar-refractivity contribution in [3.8, 4) is 16.9 Å². The van der Waals surface area contributed by atoms with Gasteiger partial charge in [-0.1, -0.05) is 29.8 Å². The average molecular weight is 416 g/mol. The minimum atomic E-state index is -0.657. The van der Waals surface area contributed by atoms with Gasteiger partial charge in [-0.05, 0) is 43.3 Å². The molecule has 1 aromatic heterocycles. The third-order valence-corrected chi connectivity index (χ3v) is 4.40. The number of amides is 1. The van der Waals surface area contributed by atoms with Gasteiger partial charge in [0.25, 0.3) is 11.5 Å². The number of benzene rings is 2. The number of nitrogens with zero attached hydrogens (tertiary/aromatic N) is 2. The summed E-state index contributed by atoms with van der Waals surface area (Å²) >= 11 is 5.94. The molecular weight excluding hydrogens is 397 g/mol. The van der Waals surface area contributed by atoms with Crippen molar-refractivity contribution in [2.45, 2.75) is 13.0 Å². The number of rotatable bonds is 6. The maximum absolute atomic E-state index is 13.7. The van der Waals surface area contributed by atoms with E-state index in [-0.39, 0.29) is 17.3 Å². The fourth-order valence-corrected chi connectivity index (χ4v) is 2.92. The van der Waals surface area contributed by atoms with E-state index in [2.05, 4.69) is 10.4 Å². The molecule has 1 N–H and O–H groups in total. The van der Waals surface area contributed by atoms with Gasteiger partial charge in [0.05, 0.1) is 18.0 Å². The average Bonchev–Trinajstić information content (AvgIpc) is 2.69. The lowest BCUT2D eigenvalue weighted by Gasteiger charge is -2.14. The molecule has 1 heterocycles. The molecule has 0 aliphatic rings. The van der Waals surface area contributed by atoms with Crippen LogP contribution in [0.15, 0.2) is 59.4 Å². The van der Waals surface area contributed by atoms with Crippen LogP contribution in [-0.2, 0) is 4.74 Å². The van der Waals surface area contributed by atoms with Gasteiger partial charge in [0.2, 0.25) is 0 Å². The number of nitrogens with one attached hydrogen (secondary N) is 1. The molecule has 1 amide bonds. The molecule has 0 bridgehead atoms. The Morgan fingerprint density at radius 3 is 2.62 bits per heavy atom. The highest BCUT2D eigenvalue weighted by Crippen LogP contribution is 2.20. The monoisotopic (exact) mass is 415 g/mol. The Hall–Kier alpha value is -3.03. The summed E-state index contributed by atoms with van der Waals surface area (Å²) in [4.78, 5) is 25.7. The molecule has 0 spiro atoms. The van der Waals surface area contributed by atoms with E-state index in [1.54, 1.807) is 37.3 Å². The van der Waals surface area contributed by atoms with Gasteiger partial charge in [0.15, 0.2) is 0 Å². The summed E-state index contributed by atoms with van der Waals surface area (Å²) in [5.74, 6) is -1.09. The fraction of sp³-hybridized carbons (Fsp3) is 0.190. The first-order chi connectivity index (χ1) is 13.9. The highest BCUT2D eigenvalue weighted by atomic mass is 35.5. The van der Waals surface area contributed by atoms with Crippen LogP contribution in [0, 0.1) is 5.82 Å². The normalized spacial score (nSPS) is 11.9. The van der Waals surface area contributed by atoms with Crippen LogP contribution >= 0.6 is 11.6 Å². The molecule has 1 atom stereocenters. The number of methoxy groups -OCH3 is 1. The molecule has 6 nitrogen and oxygen atoms in total. The molecule has 0 aliphatic carbocycles. The lowest BCUT2D eigenvalue weighted by Crippen LogP contribution is -2.39. The van der Waals surface area contributed by atoms with Crippen molar-refractivity contribution in [2.75, 3.05) is 13.7 Å². The molecule has 0 saturated carbocycles. The van der Waals surface area contributed by atoms with Gasteiger partial charge in [0, 0.05) is 23.7 Å². The third kappa shape index (κ3) is 4.88. The topological polar surface area (TPSA) is 73.2 Å². The molecule has 29 heavy (non-hydrogen) atoms. The lowest BCUT2D eigenvalue weighted by molar-refractivity contribution is 0.0903. The Morgan fingerprint density at radius 1 is 1.24 bits per heavy atom. The Labute approximate surface area is 171 Å². The SMILES string of the molecule is COCC(C)NC(=O)c1cc(-c2ccc(Cl)cc2)nn(-c2cccc(F)c2)c1=O. The van der Waals surface area contributed by atoms with Crippen LogP contribution in [0.25, 0.3) is 16.9 Å². The van der Waals surface area contributed by atoms with Crippen LogP contribution in [0.5, 0.6) is 0 Å². The Morgan fingerprint density at radius 2 is 1.97 bits per heavy atom. The van der Waals surface area contributed by atoms with Crippen molar-refractivity contribution >= 4 is 17.5 Å². The number of carbonyl (C=O) groups excluding carboxylic acids is 1. The number of carbonyl (C=O) groups is 1. The van der Waals surface area contributed by atoms with Crippen molar-refractivity contribution in [3.05, 3.63) is 81.4 Å². The molecule has 8 heteroatoms. The van der Waals surface area contributed by atoms with Crippen molar-refractivity contribution in [1.82, 2.24) is 15.1 Å². The van der Waals surface area contributed by atoms with Crippen LogP contribution in [0.2, 0.25) is 5.02 Å². The first kappa shape index (κ1) is 20.7. The Kier molecular flexibility index (Phi) is 6.41. The van der Waals surface area contributed by atoms with E-state index in [0.717, 1.165) is 4.68 Å². The molecule has 0 fully saturated rings. The second-order valence-corrected chi connectivity index (χ2v) is 6.91. The fourth-order valence-electron chi connectivity index (χ4n) is 2.80. The second kappa shape index (κ2) is 8.98.